The van der Waals surface area contributed by atoms with E-state index < -0.39 is 0 Å². The molecule has 68 valence electrons. The highest BCUT2D eigenvalue weighted by atomic mass is 16.5. The van der Waals surface area contributed by atoms with Gasteiger partial charge >= 0.3 is 0 Å². The summed E-state index contributed by atoms with van der Waals surface area (Å²) in [6.07, 6.45) is 5.34. The Kier molecular flexibility index (Phi) is 4.39. The lowest BCUT2D eigenvalue weighted by atomic mass is 10.3. The Morgan fingerprint density at radius 1 is 1.31 bits per heavy atom. The van der Waals surface area contributed by atoms with E-state index in [9.17, 15) is 0 Å². The van der Waals surface area contributed by atoms with E-state index in [1.165, 1.54) is 6.40 Å². The summed E-state index contributed by atoms with van der Waals surface area (Å²) < 4.78 is 5.10. The minimum absolute atomic E-state index is 0.576. The van der Waals surface area contributed by atoms with Gasteiger partial charge in [0, 0.05) is 0 Å². The number of aliphatic imine (C=N–C) groups is 1. The average molecular weight is 175 g/mol. The first-order valence-electron chi connectivity index (χ1n) is 4.24. The molecule has 0 heterocycles. The van der Waals surface area contributed by atoms with E-state index in [1.807, 2.05) is 49.4 Å². The highest BCUT2D eigenvalue weighted by Gasteiger charge is 1.81. The predicted octanol–water partition coefficient (Wildman–Crippen LogP) is 2.94. The number of hydrogen-bond donors (Lipinski definition) is 0. The van der Waals surface area contributed by atoms with Gasteiger partial charge in [0.1, 0.15) is 6.61 Å². The molecule has 0 aliphatic heterocycles. The van der Waals surface area contributed by atoms with E-state index >= 15 is 0 Å². The Morgan fingerprint density at radius 3 is 2.77 bits per heavy atom. The number of allylic oxidation sites excluding steroid dienone is 1. The number of para-hydroxylation sites is 1. The highest BCUT2D eigenvalue weighted by Crippen LogP contribution is 2.07. The highest BCUT2D eigenvalue weighted by molar-refractivity contribution is 5.55. The van der Waals surface area contributed by atoms with Crippen LogP contribution in [0.15, 0.2) is 47.5 Å². The first-order valence-corrected chi connectivity index (χ1v) is 4.24. The lowest BCUT2D eigenvalue weighted by Crippen LogP contribution is -1.85. The number of hydrogen-bond acceptors (Lipinski definition) is 2. The molecule has 1 rings (SSSR count). The Morgan fingerprint density at radius 2 is 2.08 bits per heavy atom. The van der Waals surface area contributed by atoms with Crippen LogP contribution in [0.2, 0.25) is 0 Å². The first kappa shape index (κ1) is 9.52. The average Bonchev–Trinajstić information content (AvgIpc) is 2.19. The molecule has 1 aromatic carbocycles. The predicted molar refractivity (Wildman–Crippen MR) is 55.4 cm³/mol. The topological polar surface area (TPSA) is 21.6 Å². The molecule has 0 amide bonds. The van der Waals surface area contributed by atoms with Crippen LogP contribution in [-0.2, 0) is 4.74 Å². The second-order valence-electron chi connectivity index (χ2n) is 2.47. The smallest absolute Gasteiger partial charge is 0.174 e. The van der Waals surface area contributed by atoms with Gasteiger partial charge < -0.3 is 4.74 Å². The van der Waals surface area contributed by atoms with E-state index in [0.29, 0.717) is 6.61 Å². The summed E-state index contributed by atoms with van der Waals surface area (Å²) in [7, 11) is 0. The quantitative estimate of drug-likeness (QED) is 0.298. The molecule has 0 saturated heterocycles. The molecule has 2 heteroatoms. The third-order valence-electron chi connectivity index (χ3n) is 1.46. The van der Waals surface area contributed by atoms with Gasteiger partial charge in [-0.2, -0.15) is 0 Å². The molecule has 0 aromatic heterocycles. The van der Waals surface area contributed by atoms with Crippen molar-refractivity contribution in [2.24, 2.45) is 4.99 Å². The SMILES string of the molecule is C/C=C/COC=Nc1ccccc1. The summed E-state index contributed by atoms with van der Waals surface area (Å²) in [5.74, 6) is 0. The van der Waals surface area contributed by atoms with Crippen LogP contribution in [0.3, 0.4) is 0 Å². The summed E-state index contributed by atoms with van der Waals surface area (Å²) in [6, 6.07) is 9.70. The van der Waals surface area contributed by atoms with Crippen molar-refractivity contribution in [1.29, 1.82) is 0 Å². The van der Waals surface area contributed by atoms with Gasteiger partial charge in [0.2, 0.25) is 0 Å². The van der Waals surface area contributed by atoms with Crippen LogP contribution < -0.4 is 0 Å². The van der Waals surface area contributed by atoms with Crippen molar-refractivity contribution in [2.45, 2.75) is 6.92 Å². The van der Waals surface area contributed by atoms with E-state index in [1.54, 1.807) is 0 Å². The van der Waals surface area contributed by atoms with Gasteiger partial charge in [0.05, 0.1) is 5.69 Å². The fourth-order valence-corrected chi connectivity index (χ4v) is 0.807. The molecule has 0 fully saturated rings. The molecule has 0 unspecified atom stereocenters. The maximum absolute atomic E-state index is 5.10. The van der Waals surface area contributed by atoms with Gasteiger partial charge in [0.25, 0.3) is 0 Å². The second kappa shape index (κ2) is 6.00. The van der Waals surface area contributed by atoms with Crippen LogP contribution in [0.1, 0.15) is 6.92 Å². The summed E-state index contributed by atoms with van der Waals surface area (Å²) in [4.78, 5) is 4.10. The fourth-order valence-electron chi connectivity index (χ4n) is 0.807. The maximum atomic E-state index is 5.10. The van der Waals surface area contributed by atoms with Crippen molar-refractivity contribution in [2.75, 3.05) is 6.61 Å². The summed E-state index contributed by atoms with van der Waals surface area (Å²) >= 11 is 0. The van der Waals surface area contributed by atoms with E-state index in [-0.39, 0.29) is 0 Å². The Bertz CT molecular complexity index is 277. The fraction of sp³-hybridized carbons (Fsp3) is 0.182. The molecule has 0 bridgehead atoms. The lowest BCUT2D eigenvalue weighted by Gasteiger charge is -1.93. The standard InChI is InChI=1S/C11H13NO/c1-2-3-9-13-10-12-11-7-5-4-6-8-11/h2-8,10H,9H2,1H3/b3-2+,12-10?. The Hall–Kier alpha value is -1.57. The summed E-state index contributed by atoms with van der Waals surface area (Å²) in [6.45, 7) is 2.53. The molecule has 0 spiro atoms. The van der Waals surface area contributed by atoms with Crippen LogP contribution in [-0.4, -0.2) is 13.0 Å². The number of ether oxygens (including phenoxy) is 1. The number of nitrogens with zero attached hydrogens (tertiary/aromatic N) is 1. The van der Waals surface area contributed by atoms with Gasteiger partial charge in [-0.05, 0) is 19.1 Å². The van der Waals surface area contributed by atoms with E-state index in [4.69, 9.17) is 4.74 Å². The largest absolute Gasteiger partial charge is 0.479 e. The zero-order valence-corrected chi connectivity index (χ0v) is 7.68. The number of rotatable bonds is 4. The molecule has 0 saturated carbocycles. The van der Waals surface area contributed by atoms with Crippen molar-refractivity contribution in [1.82, 2.24) is 0 Å². The molecule has 0 N–H and O–H groups in total. The van der Waals surface area contributed by atoms with Crippen LogP contribution in [0, 0.1) is 0 Å². The van der Waals surface area contributed by atoms with Crippen molar-refractivity contribution in [3.05, 3.63) is 42.5 Å². The Labute approximate surface area is 78.6 Å². The number of benzene rings is 1. The Balaban J connectivity index is 2.32. The van der Waals surface area contributed by atoms with Gasteiger partial charge in [-0.15, -0.1) is 0 Å². The molecular formula is C11H13NO. The third-order valence-corrected chi connectivity index (χ3v) is 1.46. The van der Waals surface area contributed by atoms with E-state index in [2.05, 4.69) is 4.99 Å². The minimum atomic E-state index is 0.576. The molecular weight excluding hydrogens is 162 g/mol. The maximum Gasteiger partial charge on any atom is 0.174 e. The summed E-state index contributed by atoms with van der Waals surface area (Å²) in [5, 5.41) is 0. The van der Waals surface area contributed by atoms with Gasteiger partial charge in [0.15, 0.2) is 6.40 Å². The normalized spacial score (nSPS) is 11.2. The van der Waals surface area contributed by atoms with Crippen LogP contribution >= 0.6 is 0 Å². The molecule has 1 aromatic rings. The van der Waals surface area contributed by atoms with Gasteiger partial charge in [-0.3, -0.25) is 0 Å². The second-order valence-corrected chi connectivity index (χ2v) is 2.47. The lowest BCUT2D eigenvalue weighted by molar-refractivity contribution is 0.367. The third kappa shape index (κ3) is 4.11. The molecule has 13 heavy (non-hydrogen) atoms. The van der Waals surface area contributed by atoms with Crippen molar-refractivity contribution in [3.8, 4) is 0 Å². The summed E-state index contributed by atoms with van der Waals surface area (Å²) in [5.41, 5.74) is 0.906. The van der Waals surface area contributed by atoms with Crippen LogP contribution in [0.25, 0.3) is 0 Å². The van der Waals surface area contributed by atoms with Crippen LogP contribution in [0.4, 0.5) is 5.69 Å². The zero-order chi connectivity index (χ0) is 9.36. The van der Waals surface area contributed by atoms with Crippen molar-refractivity contribution in [3.63, 3.8) is 0 Å². The van der Waals surface area contributed by atoms with Crippen molar-refractivity contribution < 1.29 is 4.74 Å². The first-order chi connectivity index (χ1) is 6.43. The molecule has 0 atom stereocenters. The van der Waals surface area contributed by atoms with Gasteiger partial charge in [-0.25, -0.2) is 4.99 Å². The van der Waals surface area contributed by atoms with E-state index in [0.717, 1.165) is 5.69 Å². The monoisotopic (exact) mass is 175 g/mol. The molecule has 0 aliphatic rings. The van der Waals surface area contributed by atoms with Crippen LogP contribution in [0.5, 0.6) is 0 Å². The molecule has 2 nitrogen and oxygen atoms in total. The van der Waals surface area contributed by atoms with Crippen molar-refractivity contribution >= 4 is 12.1 Å². The van der Waals surface area contributed by atoms with Gasteiger partial charge in [-0.1, -0.05) is 30.4 Å². The molecule has 0 aliphatic carbocycles. The zero-order valence-electron chi connectivity index (χ0n) is 7.68. The minimum Gasteiger partial charge on any atom is -0.479 e. The molecule has 0 radical (unpaired) electrons.